The van der Waals surface area contributed by atoms with Crippen molar-refractivity contribution >= 4 is 22.4 Å². The molecule has 0 bridgehead atoms. The van der Waals surface area contributed by atoms with Gasteiger partial charge in [-0.3, -0.25) is 0 Å². The lowest BCUT2D eigenvalue weighted by molar-refractivity contribution is 0.430. The molecule has 2 aromatic carbocycles. The number of halogens is 1. The van der Waals surface area contributed by atoms with Gasteiger partial charge < -0.3 is 9.67 Å². The van der Waals surface area contributed by atoms with Gasteiger partial charge >= 0.3 is 0 Å². The van der Waals surface area contributed by atoms with Crippen molar-refractivity contribution < 1.29 is 5.11 Å². The van der Waals surface area contributed by atoms with Crippen molar-refractivity contribution in [1.29, 1.82) is 0 Å². The zero-order valence-electron chi connectivity index (χ0n) is 12.9. The Morgan fingerprint density at radius 2 is 1.59 bits per heavy atom. The summed E-state index contributed by atoms with van der Waals surface area (Å²) in [7, 11) is 0. The van der Waals surface area contributed by atoms with Crippen molar-refractivity contribution in [1.82, 2.24) is 4.57 Å². The summed E-state index contributed by atoms with van der Waals surface area (Å²) in [6.07, 6.45) is 3.94. The monoisotopic (exact) mass is 313 g/mol. The van der Waals surface area contributed by atoms with Crippen molar-refractivity contribution in [2.24, 2.45) is 0 Å². The largest absolute Gasteiger partial charge is 0.494 e. The number of aryl methyl sites for hydroxylation is 2. The Labute approximate surface area is 136 Å². The third-order valence-electron chi connectivity index (χ3n) is 4.16. The summed E-state index contributed by atoms with van der Waals surface area (Å²) in [6, 6.07) is 12.5. The molecule has 0 aliphatic carbocycles. The highest BCUT2D eigenvalue weighted by atomic mass is 35.5. The van der Waals surface area contributed by atoms with E-state index in [1.807, 2.05) is 16.8 Å². The lowest BCUT2D eigenvalue weighted by Crippen LogP contribution is -1.97. The molecule has 0 unspecified atom stereocenters. The van der Waals surface area contributed by atoms with E-state index in [0.717, 1.165) is 23.6 Å². The van der Waals surface area contributed by atoms with Gasteiger partial charge in [0.05, 0.1) is 17.0 Å². The predicted octanol–water partition coefficient (Wildman–Crippen LogP) is 5.17. The van der Waals surface area contributed by atoms with Crippen LogP contribution in [0.3, 0.4) is 0 Å². The second-order valence-electron chi connectivity index (χ2n) is 5.65. The normalized spacial score (nSPS) is 11.2. The standard InChI is InChI=1S/C19H20ClNO/c1-3-13-5-7-15(8-6-13)11-21-12-16-9-14(4-2)10-17(20)18(16)19(21)22/h5-10,12,22H,3-4,11H2,1-2H3. The SMILES string of the molecule is CCc1ccc(Cn2cc3cc(CC)cc(Cl)c3c2O)cc1. The molecular formula is C19H20ClNO. The minimum absolute atomic E-state index is 0.238. The van der Waals surface area contributed by atoms with E-state index in [1.54, 1.807) is 0 Å². The second-order valence-corrected chi connectivity index (χ2v) is 6.05. The fraction of sp³-hybridized carbons (Fsp3) is 0.263. The summed E-state index contributed by atoms with van der Waals surface area (Å²) in [5.41, 5.74) is 3.67. The molecule has 1 N–H and O–H groups in total. The van der Waals surface area contributed by atoms with Crippen LogP contribution >= 0.6 is 11.6 Å². The maximum absolute atomic E-state index is 10.5. The summed E-state index contributed by atoms with van der Waals surface area (Å²) in [4.78, 5) is 0. The fourth-order valence-electron chi connectivity index (χ4n) is 2.80. The lowest BCUT2D eigenvalue weighted by atomic mass is 10.1. The summed E-state index contributed by atoms with van der Waals surface area (Å²) >= 11 is 6.33. The van der Waals surface area contributed by atoms with Crippen LogP contribution in [0.2, 0.25) is 5.02 Å². The van der Waals surface area contributed by atoms with E-state index in [4.69, 9.17) is 11.6 Å². The third kappa shape index (κ3) is 2.71. The quantitative estimate of drug-likeness (QED) is 0.706. The number of hydrogen-bond acceptors (Lipinski definition) is 1. The number of aromatic nitrogens is 1. The van der Waals surface area contributed by atoms with Crippen molar-refractivity contribution in [3.8, 4) is 5.88 Å². The van der Waals surface area contributed by atoms with Gasteiger partial charge in [-0.25, -0.2) is 0 Å². The minimum atomic E-state index is 0.238. The van der Waals surface area contributed by atoms with Crippen LogP contribution in [0.5, 0.6) is 5.88 Å². The van der Waals surface area contributed by atoms with Gasteiger partial charge in [0.2, 0.25) is 5.88 Å². The zero-order valence-corrected chi connectivity index (χ0v) is 13.7. The molecule has 114 valence electrons. The summed E-state index contributed by atoms with van der Waals surface area (Å²) in [5.74, 6) is 0.238. The Morgan fingerprint density at radius 3 is 2.23 bits per heavy atom. The average Bonchev–Trinajstić information content (AvgIpc) is 2.84. The van der Waals surface area contributed by atoms with Gasteiger partial charge in [0.15, 0.2) is 0 Å². The van der Waals surface area contributed by atoms with E-state index >= 15 is 0 Å². The Morgan fingerprint density at radius 1 is 0.955 bits per heavy atom. The second kappa shape index (κ2) is 6.05. The molecule has 3 heteroatoms. The number of fused-ring (bicyclic) bond motifs is 1. The highest BCUT2D eigenvalue weighted by molar-refractivity contribution is 6.36. The van der Waals surface area contributed by atoms with E-state index in [9.17, 15) is 5.11 Å². The number of nitrogens with zero attached hydrogens (tertiary/aromatic N) is 1. The van der Waals surface area contributed by atoms with E-state index in [-0.39, 0.29) is 5.88 Å². The zero-order chi connectivity index (χ0) is 15.7. The van der Waals surface area contributed by atoms with E-state index < -0.39 is 0 Å². The molecule has 3 aromatic rings. The van der Waals surface area contributed by atoms with E-state index in [2.05, 4.69) is 44.2 Å². The summed E-state index contributed by atoms with van der Waals surface area (Å²) < 4.78 is 1.86. The first-order valence-corrected chi connectivity index (χ1v) is 8.08. The average molecular weight is 314 g/mol. The van der Waals surface area contributed by atoms with Crippen molar-refractivity contribution in [3.63, 3.8) is 0 Å². The number of benzene rings is 2. The molecule has 0 amide bonds. The molecule has 2 nitrogen and oxygen atoms in total. The van der Waals surface area contributed by atoms with Gasteiger partial charge in [-0.15, -0.1) is 0 Å². The van der Waals surface area contributed by atoms with Crippen LogP contribution in [0.25, 0.3) is 10.8 Å². The summed E-state index contributed by atoms with van der Waals surface area (Å²) in [5, 5.41) is 12.8. The number of hydrogen-bond donors (Lipinski definition) is 1. The first-order chi connectivity index (χ1) is 10.6. The van der Waals surface area contributed by atoms with Crippen LogP contribution < -0.4 is 0 Å². The van der Waals surface area contributed by atoms with Crippen molar-refractivity contribution in [2.45, 2.75) is 33.2 Å². The van der Waals surface area contributed by atoms with E-state index in [1.165, 1.54) is 16.7 Å². The van der Waals surface area contributed by atoms with Gasteiger partial charge in [-0.05, 0) is 41.7 Å². The van der Waals surface area contributed by atoms with Gasteiger partial charge in [0.1, 0.15) is 0 Å². The van der Waals surface area contributed by atoms with Crippen molar-refractivity contribution in [3.05, 3.63) is 64.3 Å². The summed E-state index contributed by atoms with van der Waals surface area (Å²) in [6.45, 7) is 4.89. The Kier molecular flexibility index (Phi) is 4.12. The minimum Gasteiger partial charge on any atom is -0.494 e. The van der Waals surface area contributed by atoms with Gasteiger partial charge in [-0.1, -0.05) is 49.7 Å². The van der Waals surface area contributed by atoms with Crippen molar-refractivity contribution in [2.75, 3.05) is 0 Å². The maximum Gasteiger partial charge on any atom is 0.200 e. The smallest absolute Gasteiger partial charge is 0.200 e. The predicted molar refractivity (Wildman–Crippen MR) is 92.9 cm³/mol. The molecule has 1 heterocycles. The van der Waals surface area contributed by atoms with E-state index in [0.29, 0.717) is 11.6 Å². The molecule has 3 rings (SSSR count). The van der Waals surface area contributed by atoms with Crippen LogP contribution in [0.4, 0.5) is 0 Å². The first-order valence-electron chi connectivity index (χ1n) is 7.70. The topological polar surface area (TPSA) is 25.2 Å². The van der Waals surface area contributed by atoms with Crippen LogP contribution in [-0.4, -0.2) is 9.67 Å². The molecule has 22 heavy (non-hydrogen) atoms. The van der Waals surface area contributed by atoms with Crippen LogP contribution in [0.1, 0.15) is 30.5 Å². The Balaban J connectivity index is 1.99. The molecule has 0 saturated heterocycles. The molecule has 0 saturated carbocycles. The fourth-order valence-corrected chi connectivity index (χ4v) is 3.13. The lowest BCUT2D eigenvalue weighted by Gasteiger charge is -2.06. The Hall–Kier alpha value is -1.93. The van der Waals surface area contributed by atoms with Gasteiger partial charge in [0.25, 0.3) is 0 Å². The maximum atomic E-state index is 10.5. The molecule has 0 atom stereocenters. The van der Waals surface area contributed by atoms with Gasteiger partial charge in [-0.2, -0.15) is 0 Å². The van der Waals surface area contributed by atoms with Crippen LogP contribution in [0, 0.1) is 0 Å². The van der Waals surface area contributed by atoms with Crippen LogP contribution in [-0.2, 0) is 19.4 Å². The van der Waals surface area contributed by atoms with Gasteiger partial charge in [0, 0.05) is 11.6 Å². The molecule has 0 radical (unpaired) electrons. The molecular weight excluding hydrogens is 294 g/mol. The Bertz CT molecular complexity index is 802. The molecule has 0 fully saturated rings. The third-order valence-corrected chi connectivity index (χ3v) is 4.46. The molecule has 0 spiro atoms. The molecule has 0 aliphatic heterocycles. The number of rotatable bonds is 4. The highest BCUT2D eigenvalue weighted by Gasteiger charge is 2.13. The highest BCUT2D eigenvalue weighted by Crippen LogP contribution is 2.35. The van der Waals surface area contributed by atoms with Crippen LogP contribution in [0.15, 0.2) is 42.6 Å². The molecule has 1 aromatic heterocycles. The number of aromatic hydroxyl groups is 1. The molecule has 0 aliphatic rings. The first kappa shape index (κ1) is 15.0.